The fraction of sp³-hybridized carbons (Fsp3) is 0.158. The number of halogens is 2. The number of nitrogens with one attached hydrogen (secondary N) is 1. The van der Waals surface area contributed by atoms with Gasteiger partial charge in [-0.3, -0.25) is 9.48 Å². The van der Waals surface area contributed by atoms with Gasteiger partial charge in [-0.2, -0.15) is 5.10 Å². The first kappa shape index (κ1) is 16.8. The Balaban J connectivity index is 1.84. The second-order valence-electron chi connectivity index (χ2n) is 5.77. The predicted octanol–water partition coefficient (Wildman–Crippen LogP) is 4.08. The van der Waals surface area contributed by atoms with Gasteiger partial charge in [-0.1, -0.05) is 30.3 Å². The van der Waals surface area contributed by atoms with Gasteiger partial charge in [-0.15, -0.1) is 0 Å². The molecule has 0 bridgehead atoms. The smallest absolute Gasteiger partial charge is 0.259 e. The second kappa shape index (κ2) is 6.84. The van der Waals surface area contributed by atoms with Crippen molar-refractivity contribution < 1.29 is 13.6 Å². The van der Waals surface area contributed by atoms with Gasteiger partial charge in [0, 0.05) is 17.4 Å². The molecule has 3 aromatic rings. The van der Waals surface area contributed by atoms with Crippen molar-refractivity contribution in [1.82, 2.24) is 9.78 Å². The van der Waals surface area contributed by atoms with Gasteiger partial charge in [0.2, 0.25) is 0 Å². The summed E-state index contributed by atoms with van der Waals surface area (Å²) in [7, 11) is 0. The second-order valence-corrected chi connectivity index (χ2v) is 5.77. The minimum absolute atomic E-state index is 0.193. The number of rotatable bonds is 4. The van der Waals surface area contributed by atoms with Crippen molar-refractivity contribution in [2.45, 2.75) is 20.4 Å². The number of aryl methyl sites for hydroxylation is 1. The highest BCUT2D eigenvalue weighted by molar-refractivity contribution is 6.05. The minimum atomic E-state index is -1.01. The molecule has 0 aliphatic carbocycles. The zero-order chi connectivity index (χ0) is 18.0. The Morgan fingerprint density at radius 1 is 1.08 bits per heavy atom. The fourth-order valence-corrected chi connectivity index (χ4v) is 2.70. The molecule has 0 unspecified atom stereocenters. The average molecular weight is 341 g/mol. The molecule has 0 saturated carbocycles. The van der Waals surface area contributed by atoms with Gasteiger partial charge >= 0.3 is 0 Å². The molecule has 6 heteroatoms. The molecule has 1 aromatic heterocycles. The summed E-state index contributed by atoms with van der Waals surface area (Å²) in [5.41, 5.74) is 2.98. The highest BCUT2D eigenvalue weighted by Crippen LogP contribution is 2.18. The quantitative estimate of drug-likeness (QED) is 0.777. The van der Waals surface area contributed by atoms with Crippen molar-refractivity contribution in [3.05, 3.63) is 82.7 Å². The number of hydrogen-bond acceptors (Lipinski definition) is 2. The SMILES string of the molecule is Cc1nn(Cc2ccccc2)c(C)c1C(=O)Nc1ccc(F)c(F)c1. The third-order valence-corrected chi connectivity index (χ3v) is 3.96. The highest BCUT2D eigenvalue weighted by Gasteiger charge is 2.19. The largest absolute Gasteiger partial charge is 0.322 e. The zero-order valence-electron chi connectivity index (χ0n) is 13.9. The lowest BCUT2D eigenvalue weighted by molar-refractivity contribution is 0.102. The van der Waals surface area contributed by atoms with Crippen LogP contribution in [-0.2, 0) is 6.54 Å². The molecule has 0 saturated heterocycles. The molecule has 25 heavy (non-hydrogen) atoms. The van der Waals surface area contributed by atoms with Crippen molar-refractivity contribution in [3.8, 4) is 0 Å². The monoisotopic (exact) mass is 341 g/mol. The summed E-state index contributed by atoms with van der Waals surface area (Å²) in [6.45, 7) is 4.10. The van der Waals surface area contributed by atoms with Crippen LogP contribution in [0, 0.1) is 25.5 Å². The topological polar surface area (TPSA) is 46.9 Å². The number of nitrogens with zero attached hydrogens (tertiary/aromatic N) is 2. The number of amides is 1. The Bertz CT molecular complexity index is 920. The third-order valence-electron chi connectivity index (χ3n) is 3.96. The lowest BCUT2D eigenvalue weighted by Crippen LogP contribution is -2.14. The van der Waals surface area contributed by atoms with Crippen LogP contribution in [-0.4, -0.2) is 15.7 Å². The van der Waals surface area contributed by atoms with Crippen LogP contribution in [0.3, 0.4) is 0 Å². The molecular formula is C19H17F2N3O. The molecule has 0 fully saturated rings. The van der Waals surface area contributed by atoms with E-state index >= 15 is 0 Å². The molecular weight excluding hydrogens is 324 g/mol. The van der Waals surface area contributed by atoms with E-state index in [1.807, 2.05) is 37.3 Å². The van der Waals surface area contributed by atoms with Crippen LogP contribution in [0.25, 0.3) is 0 Å². The Labute approximate surface area is 144 Å². The predicted molar refractivity (Wildman–Crippen MR) is 91.6 cm³/mol. The average Bonchev–Trinajstić information content (AvgIpc) is 2.86. The van der Waals surface area contributed by atoms with Crippen LogP contribution in [0.1, 0.15) is 27.3 Å². The van der Waals surface area contributed by atoms with Gasteiger partial charge in [-0.05, 0) is 31.5 Å². The molecule has 2 aromatic carbocycles. The van der Waals surface area contributed by atoms with E-state index in [9.17, 15) is 13.6 Å². The van der Waals surface area contributed by atoms with Crippen molar-refractivity contribution in [3.63, 3.8) is 0 Å². The fourth-order valence-electron chi connectivity index (χ4n) is 2.70. The molecule has 3 rings (SSSR count). The normalized spacial score (nSPS) is 10.7. The Hall–Kier alpha value is -3.02. The zero-order valence-corrected chi connectivity index (χ0v) is 13.9. The highest BCUT2D eigenvalue weighted by atomic mass is 19.2. The summed E-state index contributed by atoms with van der Waals surface area (Å²) in [5, 5.41) is 7.01. The van der Waals surface area contributed by atoms with Gasteiger partial charge in [0.25, 0.3) is 5.91 Å². The standard InChI is InChI=1S/C19H17F2N3O/c1-12-18(19(25)22-15-8-9-16(20)17(21)10-15)13(2)24(23-12)11-14-6-4-3-5-7-14/h3-10H,11H2,1-2H3,(H,22,25). The van der Waals surface area contributed by atoms with Crippen LogP contribution in [0.4, 0.5) is 14.5 Å². The molecule has 0 atom stereocenters. The number of benzene rings is 2. The van der Waals surface area contributed by atoms with E-state index in [1.165, 1.54) is 6.07 Å². The van der Waals surface area contributed by atoms with E-state index in [4.69, 9.17) is 0 Å². The summed E-state index contributed by atoms with van der Waals surface area (Å²) in [6.07, 6.45) is 0. The lowest BCUT2D eigenvalue weighted by atomic mass is 10.1. The maximum atomic E-state index is 13.3. The summed E-state index contributed by atoms with van der Waals surface area (Å²) >= 11 is 0. The third kappa shape index (κ3) is 3.57. The van der Waals surface area contributed by atoms with Crippen LogP contribution in [0.15, 0.2) is 48.5 Å². The van der Waals surface area contributed by atoms with Crippen LogP contribution < -0.4 is 5.32 Å². The van der Waals surface area contributed by atoms with E-state index in [0.29, 0.717) is 23.5 Å². The van der Waals surface area contributed by atoms with Gasteiger partial charge in [-0.25, -0.2) is 8.78 Å². The number of aromatic nitrogens is 2. The first-order valence-corrected chi connectivity index (χ1v) is 7.80. The van der Waals surface area contributed by atoms with Crippen molar-refractivity contribution in [2.75, 3.05) is 5.32 Å². The number of carbonyl (C=O) groups excluding carboxylic acids is 1. The Morgan fingerprint density at radius 2 is 1.80 bits per heavy atom. The van der Waals surface area contributed by atoms with Crippen molar-refractivity contribution in [1.29, 1.82) is 0 Å². The number of carbonyl (C=O) groups is 1. The van der Waals surface area contributed by atoms with E-state index in [2.05, 4.69) is 10.4 Å². The molecule has 1 N–H and O–H groups in total. The number of hydrogen-bond donors (Lipinski definition) is 1. The lowest BCUT2D eigenvalue weighted by Gasteiger charge is -2.07. The first-order chi connectivity index (χ1) is 12.0. The summed E-state index contributed by atoms with van der Waals surface area (Å²) < 4.78 is 28.0. The first-order valence-electron chi connectivity index (χ1n) is 7.80. The summed E-state index contributed by atoms with van der Waals surface area (Å²) in [5.74, 6) is -2.37. The van der Waals surface area contributed by atoms with Crippen molar-refractivity contribution >= 4 is 11.6 Å². The van der Waals surface area contributed by atoms with E-state index in [0.717, 1.165) is 17.7 Å². The van der Waals surface area contributed by atoms with Gasteiger partial charge in [0.1, 0.15) is 0 Å². The maximum absolute atomic E-state index is 13.3. The molecule has 4 nitrogen and oxygen atoms in total. The maximum Gasteiger partial charge on any atom is 0.259 e. The summed E-state index contributed by atoms with van der Waals surface area (Å²) in [6, 6.07) is 13.0. The van der Waals surface area contributed by atoms with Crippen molar-refractivity contribution in [2.24, 2.45) is 0 Å². The molecule has 0 spiro atoms. The van der Waals surface area contributed by atoms with Gasteiger partial charge in [0.15, 0.2) is 11.6 Å². The minimum Gasteiger partial charge on any atom is -0.322 e. The summed E-state index contributed by atoms with van der Waals surface area (Å²) in [4.78, 5) is 12.5. The van der Waals surface area contributed by atoms with Gasteiger partial charge in [0.05, 0.1) is 17.8 Å². The molecule has 1 amide bonds. The number of anilines is 1. The van der Waals surface area contributed by atoms with E-state index in [-0.39, 0.29) is 5.69 Å². The Morgan fingerprint density at radius 3 is 2.48 bits per heavy atom. The molecule has 128 valence electrons. The van der Waals surface area contributed by atoms with E-state index in [1.54, 1.807) is 11.6 Å². The van der Waals surface area contributed by atoms with Crippen LogP contribution >= 0.6 is 0 Å². The molecule has 0 aliphatic rings. The van der Waals surface area contributed by atoms with Crippen LogP contribution in [0.5, 0.6) is 0 Å². The van der Waals surface area contributed by atoms with Crippen LogP contribution in [0.2, 0.25) is 0 Å². The van der Waals surface area contributed by atoms with E-state index < -0.39 is 17.5 Å². The van der Waals surface area contributed by atoms with Gasteiger partial charge < -0.3 is 5.32 Å². The molecule has 1 heterocycles. The Kier molecular flexibility index (Phi) is 4.61. The molecule has 0 aliphatic heterocycles. The molecule has 0 radical (unpaired) electrons.